The van der Waals surface area contributed by atoms with Crippen molar-refractivity contribution in [3.8, 4) is 11.3 Å². The van der Waals surface area contributed by atoms with Gasteiger partial charge in [-0.3, -0.25) is 19.4 Å². The molecule has 33 heavy (non-hydrogen) atoms. The van der Waals surface area contributed by atoms with Crippen LogP contribution in [0.2, 0.25) is 0 Å². The Labute approximate surface area is 195 Å². The van der Waals surface area contributed by atoms with Crippen molar-refractivity contribution in [3.63, 3.8) is 0 Å². The zero-order valence-corrected chi connectivity index (χ0v) is 20.3. The molecule has 1 saturated heterocycles. The maximum atomic E-state index is 12.9. The Bertz CT molecular complexity index is 1210. The average molecular weight is 453 g/mol. The summed E-state index contributed by atoms with van der Waals surface area (Å²) in [5.41, 5.74) is 11.2. The number of pyridine rings is 1. The van der Waals surface area contributed by atoms with Gasteiger partial charge in [0, 0.05) is 50.5 Å². The molecule has 178 valence electrons. The number of fused-ring (bicyclic) bond motifs is 1. The normalized spacial score (nSPS) is 20.3. The SMILES string of the molecule is CC1CNC(O)CCN1Cc1ccc(N)c(-c2ccc3c(n2)n(C)c(=O)n3CC(C)(C)C)c1. The molecule has 1 aliphatic rings. The third-order valence-electron chi connectivity index (χ3n) is 6.35. The van der Waals surface area contributed by atoms with E-state index in [2.05, 4.69) is 44.0 Å². The Morgan fingerprint density at radius 1 is 1.24 bits per heavy atom. The molecule has 3 heterocycles. The van der Waals surface area contributed by atoms with Gasteiger partial charge in [0.05, 0.1) is 11.2 Å². The number of aliphatic hydroxyl groups is 1. The van der Waals surface area contributed by atoms with Crippen LogP contribution in [0.25, 0.3) is 22.4 Å². The molecule has 0 saturated carbocycles. The fourth-order valence-electron chi connectivity index (χ4n) is 4.49. The molecule has 4 N–H and O–H groups in total. The summed E-state index contributed by atoms with van der Waals surface area (Å²) >= 11 is 0. The number of aromatic nitrogens is 3. The van der Waals surface area contributed by atoms with E-state index in [-0.39, 0.29) is 11.1 Å². The Morgan fingerprint density at radius 3 is 2.73 bits per heavy atom. The second kappa shape index (κ2) is 8.93. The molecule has 0 radical (unpaired) electrons. The number of rotatable bonds is 4. The molecule has 2 aromatic heterocycles. The van der Waals surface area contributed by atoms with E-state index in [1.807, 2.05) is 24.3 Å². The molecule has 1 aromatic carbocycles. The van der Waals surface area contributed by atoms with Crippen LogP contribution in [0.5, 0.6) is 0 Å². The van der Waals surface area contributed by atoms with Gasteiger partial charge in [0.2, 0.25) is 0 Å². The molecular formula is C25H36N6O2. The van der Waals surface area contributed by atoms with Crippen LogP contribution in [0, 0.1) is 5.41 Å². The summed E-state index contributed by atoms with van der Waals surface area (Å²) in [6.07, 6.45) is 0.247. The van der Waals surface area contributed by atoms with Crippen molar-refractivity contribution in [1.29, 1.82) is 0 Å². The molecule has 8 nitrogen and oxygen atoms in total. The molecule has 0 spiro atoms. The number of anilines is 1. The van der Waals surface area contributed by atoms with Crippen molar-refractivity contribution in [3.05, 3.63) is 46.4 Å². The third kappa shape index (κ3) is 4.98. The average Bonchev–Trinajstić information content (AvgIpc) is 2.88. The van der Waals surface area contributed by atoms with Crippen LogP contribution in [-0.4, -0.2) is 49.5 Å². The summed E-state index contributed by atoms with van der Waals surface area (Å²) in [6.45, 7) is 11.5. The highest BCUT2D eigenvalue weighted by Gasteiger charge is 2.22. The summed E-state index contributed by atoms with van der Waals surface area (Å²) in [5, 5.41) is 13.1. The third-order valence-corrected chi connectivity index (χ3v) is 6.35. The maximum Gasteiger partial charge on any atom is 0.330 e. The standard InChI is InChI=1S/C25H36N6O2/c1-16-13-27-22(32)10-11-30(16)14-17-6-7-19(26)18(12-17)20-8-9-21-23(28-20)29(5)24(33)31(21)15-25(2,3)4/h6-9,12,16,22,27,32H,10-11,13-15,26H2,1-5H3. The summed E-state index contributed by atoms with van der Waals surface area (Å²) in [5.74, 6) is 0. The predicted molar refractivity (Wildman–Crippen MR) is 133 cm³/mol. The molecule has 2 unspecified atom stereocenters. The number of benzene rings is 1. The maximum absolute atomic E-state index is 12.9. The van der Waals surface area contributed by atoms with Gasteiger partial charge in [-0.15, -0.1) is 0 Å². The molecule has 8 heteroatoms. The number of hydrogen-bond donors (Lipinski definition) is 3. The van der Waals surface area contributed by atoms with Crippen molar-refractivity contribution < 1.29 is 5.11 Å². The minimum absolute atomic E-state index is 0.0222. The summed E-state index contributed by atoms with van der Waals surface area (Å²) in [7, 11) is 1.77. The first kappa shape index (κ1) is 23.5. The minimum Gasteiger partial charge on any atom is -0.398 e. The van der Waals surface area contributed by atoms with Gasteiger partial charge < -0.3 is 10.8 Å². The van der Waals surface area contributed by atoms with Crippen LogP contribution >= 0.6 is 0 Å². The zero-order chi connectivity index (χ0) is 23.9. The van der Waals surface area contributed by atoms with Gasteiger partial charge >= 0.3 is 5.69 Å². The smallest absolute Gasteiger partial charge is 0.330 e. The number of nitrogen functional groups attached to an aromatic ring is 1. The number of aliphatic hydroxyl groups excluding tert-OH is 1. The Balaban J connectivity index is 1.68. The number of nitrogens with one attached hydrogen (secondary N) is 1. The molecule has 0 bridgehead atoms. The van der Waals surface area contributed by atoms with Crippen LogP contribution in [0.3, 0.4) is 0 Å². The zero-order valence-electron chi connectivity index (χ0n) is 20.3. The number of nitrogens with two attached hydrogens (primary N) is 1. The highest BCUT2D eigenvalue weighted by atomic mass is 16.3. The Kier molecular flexibility index (Phi) is 6.35. The second-order valence-corrected chi connectivity index (χ2v) is 10.5. The topological polar surface area (TPSA) is 101 Å². The van der Waals surface area contributed by atoms with Crippen LogP contribution in [0.15, 0.2) is 35.1 Å². The number of imidazole rings is 1. The Morgan fingerprint density at radius 2 is 2.00 bits per heavy atom. The lowest BCUT2D eigenvalue weighted by atomic mass is 9.97. The largest absolute Gasteiger partial charge is 0.398 e. The second-order valence-electron chi connectivity index (χ2n) is 10.5. The van der Waals surface area contributed by atoms with Crippen molar-refractivity contribution in [2.75, 3.05) is 18.8 Å². The van der Waals surface area contributed by atoms with Gasteiger partial charge in [0.1, 0.15) is 6.23 Å². The van der Waals surface area contributed by atoms with E-state index in [0.717, 1.165) is 42.0 Å². The van der Waals surface area contributed by atoms with E-state index in [0.29, 0.717) is 30.3 Å². The molecule has 0 amide bonds. The van der Waals surface area contributed by atoms with Gasteiger partial charge in [-0.2, -0.15) is 0 Å². The molecule has 1 fully saturated rings. The van der Waals surface area contributed by atoms with Gasteiger partial charge in [0.15, 0.2) is 5.65 Å². The molecule has 2 atom stereocenters. The van der Waals surface area contributed by atoms with E-state index in [9.17, 15) is 9.90 Å². The molecular weight excluding hydrogens is 416 g/mol. The molecule has 3 aromatic rings. The van der Waals surface area contributed by atoms with Crippen molar-refractivity contribution in [2.24, 2.45) is 12.5 Å². The fourth-order valence-corrected chi connectivity index (χ4v) is 4.49. The predicted octanol–water partition coefficient (Wildman–Crippen LogP) is 2.53. The fraction of sp³-hybridized carbons (Fsp3) is 0.520. The number of nitrogens with zero attached hydrogens (tertiary/aromatic N) is 4. The highest BCUT2D eigenvalue weighted by molar-refractivity contribution is 5.80. The van der Waals surface area contributed by atoms with Crippen molar-refractivity contribution in [1.82, 2.24) is 24.3 Å². The van der Waals surface area contributed by atoms with Gasteiger partial charge in [-0.1, -0.05) is 26.8 Å². The van der Waals surface area contributed by atoms with Gasteiger partial charge in [-0.25, -0.2) is 9.78 Å². The van der Waals surface area contributed by atoms with E-state index in [1.54, 1.807) is 16.2 Å². The van der Waals surface area contributed by atoms with Crippen LogP contribution < -0.4 is 16.7 Å². The van der Waals surface area contributed by atoms with E-state index in [4.69, 9.17) is 10.7 Å². The number of aryl methyl sites for hydroxylation is 1. The lowest BCUT2D eigenvalue weighted by Gasteiger charge is -2.26. The first-order valence-corrected chi connectivity index (χ1v) is 11.6. The number of hydrogen-bond acceptors (Lipinski definition) is 6. The summed E-state index contributed by atoms with van der Waals surface area (Å²) in [4.78, 5) is 20.1. The molecule has 0 aliphatic carbocycles. The highest BCUT2D eigenvalue weighted by Crippen LogP contribution is 2.29. The van der Waals surface area contributed by atoms with E-state index >= 15 is 0 Å². The summed E-state index contributed by atoms with van der Waals surface area (Å²) < 4.78 is 3.41. The minimum atomic E-state index is -0.451. The van der Waals surface area contributed by atoms with Gasteiger partial charge in [0.25, 0.3) is 0 Å². The molecule has 1 aliphatic heterocycles. The first-order chi connectivity index (χ1) is 15.5. The molecule has 4 rings (SSSR count). The van der Waals surface area contributed by atoms with E-state index < -0.39 is 6.23 Å². The van der Waals surface area contributed by atoms with Crippen LogP contribution in [0.4, 0.5) is 5.69 Å². The van der Waals surface area contributed by atoms with Crippen molar-refractivity contribution in [2.45, 2.75) is 59.5 Å². The van der Waals surface area contributed by atoms with Crippen molar-refractivity contribution >= 4 is 16.9 Å². The lowest BCUT2D eigenvalue weighted by Crippen LogP contribution is -2.37. The quantitative estimate of drug-likeness (QED) is 0.526. The van der Waals surface area contributed by atoms with Crippen LogP contribution in [-0.2, 0) is 20.1 Å². The lowest BCUT2D eigenvalue weighted by molar-refractivity contribution is 0.132. The van der Waals surface area contributed by atoms with E-state index in [1.165, 1.54) is 0 Å². The van der Waals surface area contributed by atoms with Gasteiger partial charge in [-0.05, 0) is 48.6 Å². The van der Waals surface area contributed by atoms with Crippen LogP contribution in [0.1, 0.15) is 39.7 Å². The monoisotopic (exact) mass is 452 g/mol. The first-order valence-electron chi connectivity index (χ1n) is 11.6. The Hall–Kier alpha value is -2.68. The summed E-state index contributed by atoms with van der Waals surface area (Å²) in [6, 6.07) is 10.3.